The summed E-state index contributed by atoms with van der Waals surface area (Å²) in [5, 5.41) is 4.65. The Kier molecular flexibility index (Phi) is 6.47. The van der Waals surface area contributed by atoms with E-state index in [0.717, 1.165) is 46.3 Å². The van der Waals surface area contributed by atoms with E-state index in [0.29, 0.717) is 5.92 Å². The minimum atomic E-state index is 0.272. The molecule has 52 heavy (non-hydrogen) atoms. The van der Waals surface area contributed by atoms with Gasteiger partial charge in [-0.25, -0.2) is 9.97 Å². The molecular formula is C48H34N4. The second kappa shape index (κ2) is 11.5. The van der Waals surface area contributed by atoms with Crippen LogP contribution in [-0.2, 0) is 6.42 Å². The fraction of sp³-hybridized carbons (Fsp3) is 0.0833. The van der Waals surface area contributed by atoms with Gasteiger partial charge < -0.3 is 4.90 Å². The maximum Gasteiger partial charge on any atom is 0.162 e. The normalized spacial score (nSPS) is 17.2. The molecule has 0 saturated heterocycles. The smallest absolute Gasteiger partial charge is 0.162 e. The second-order valence-corrected chi connectivity index (χ2v) is 14.1. The largest absolute Gasteiger partial charge is 0.333 e. The van der Waals surface area contributed by atoms with Crippen molar-refractivity contribution in [1.82, 2.24) is 14.5 Å². The van der Waals surface area contributed by atoms with Crippen LogP contribution in [0.25, 0.3) is 67.0 Å². The number of nitrogens with zero attached hydrogens (tertiary/aromatic N) is 4. The summed E-state index contributed by atoms with van der Waals surface area (Å²) in [5.74, 6) is 1.96. The first-order valence-corrected chi connectivity index (χ1v) is 18.2. The van der Waals surface area contributed by atoms with E-state index in [1.54, 1.807) is 0 Å². The van der Waals surface area contributed by atoms with Crippen molar-refractivity contribution in [3.63, 3.8) is 0 Å². The zero-order chi connectivity index (χ0) is 34.2. The molecular weight excluding hydrogens is 633 g/mol. The maximum absolute atomic E-state index is 5.37. The Morgan fingerprint density at radius 1 is 0.615 bits per heavy atom. The van der Waals surface area contributed by atoms with Crippen LogP contribution in [0.5, 0.6) is 0 Å². The van der Waals surface area contributed by atoms with Crippen molar-refractivity contribution in [3.05, 3.63) is 181 Å². The fourth-order valence-electron chi connectivity index (χ4n) is 8.79. The molecule has 3 heterocycles. The predicted octanol–water partition coefficient (Wildman–Crippen LogP) is 11.8. The summed E-state index contributed by atoms with van der Waals surface area (Å²) in [6, 6.07) is 48.4. The van der Waals surface area contributed by atoms with Crippen LogP contribution in [0.1, 0.15) is 29.2 Å². The molecule has 6 aromatic carbocycles. The van der Waals surface area contributed by atoms with Gasteiger partial charge in [-0.15, -0.1) is 0 Å². The van der Waals surface area contributed by atoms with Gasteiger partial charge >= 0.3 is 0 Å². The van der Waals surface area contributed by atoms with E-state index in [-0.39, 0.29) is 6.04 Å². The molecule has 2 unspecified atom stereocenters. The molecule has 246 valence electrons. The molecule has 0 saturated carbocycles. The van der Waals surface area contributed by atoms with Gasteiger partial charge in [-0.3, -0.25) is 4.57 Å². The number of anilines is 2. The molecule has 8 aromatic rings. The van der Waals surface area contributed by atoms with Crippen LogP contribution >= 0.6 is 0 Å². The van der Waals surface area contributed by atoms with E-state index in [4.69, 9.17) is 9.97 Å². The molecule has 0 fully saturated rings. The van der Waals surface area contributed by atoms with E-state index in [1.807, 2.05) is 6.07 Å². The molecule has 11 rings (SSSR count). The summed E-state index contributed by atoms with van der Waals surface area (Å²) >= 11 is 0. The van der Waals surface area contributed by atoms with Crippen molar-refractivity contribution in [2.24, 2.45) is 0 Å². The third-order valence-corrected chi connectivity index (χ3v) is 11.2. The highest BCUT2D eigenvalue weighted by atomic mass is 15.2. The van der Waals surface area contributed by atoms with E-state index in [9.17, 15) is 0 Å². The molecule has 4 nitrogen and oxygen atoms in total. The molecule has 2 atom stereocenters. The highest BCUT2D eigenvalue weighted by Gasteiger charge is 2.37. The van der Waals surface area contributed by atoms with Crippen LogP contribution in [0.15, 0.2) is 164 Å². The number of para-hydroxylation sites is 1. The van der Waals surface area contributed by atoms with Crippen LogP contribution < -0.4 is 4.90 Å². The van der Waals surface area contributed by atoms with Crippen LogP contribution in [0.2, 0.25) is 0 Å². The number of rotatable bonds is 4. The average Bonchev–Trinajstić information content (AvgIpc) is 3.73. The summed E-state index contributed by atoms with van der Waals surface area (Å²) in [7, 11) is 0. The molecule has 2 aliphatic carbocycles. The Balaban J connectivity index is 1.11. The third-order valence-electron chi connectivity index (χ3n) is 11.2. The summed E-state index contributed by atoms with van der Waals surface area (Å²) in [5.41, 5.74) is 12.1. The van der Waals surface area contributed by atoms with Gasteiger partial charge in [-0.05, 0) is 89.0 Å². The van der Waals surface area contributed by atoms with E-state index in [2.05, 4.69) is 173 Å². The molecule has 0 amide bonds. The first kappa shape index (κ1) is 29.2. The maximum atomic E-state index is 5.37. The number of hydrogen-bond donors (Lipinski definition) is 0. The topological polar surface area (TPSA) is 34.0 Å². The van der Waals surface area contributed by atoms with Crippen LogP contribution in [0.4, 0.5) is 11.4 Å². The lowest BCUT2D eigenvalue weighted by molar-refractivity contribution is 0.745. The number of aryl methyl sites for hydroxylation is 1. The van der Waals surface area contributed by atoms with Crippen molar-refractivity contribution in [3.8, 4) is 28.3 Å². The predicted molar refractivity (Wildman–Crippen MR) is 215 cm³/mol. The lowest BCUT2D eigenvalue weighted by atomic mass is 9.89. The monoisotopic (exact) mass is 666 g/mol. The fourth-order valence-corrected chi connectivity index (χ4v) is 8.79. The highest BCUT2D eigenvalue weighted by Crippen LogP contribution is 2.49. The van der Waals surface area contributed by atoms with E-state index >= 15 is 0 Å². The molecule has 2 aromatic heterocycles. The van der Waals surface area contributed by atoms with Gasteiger partial charge in [-0.1, -0.05) is 121 Å². The van der Waals surface area contributed by atoms with Gasteiger partial charge in [0.05, 0.1) is 22.8 Å². The summed E-state index contributed by atoms with van der Waals surface area (Å²) in [6.45, 7) is 0. The standard InChI is InChI=1S/C48H34N4/c1-3-14-32(15-4-1)47-49-46-36-18-8-7-13-31(36)23-26-39(46)48(50-47)52-43-22-12-10-20-38(43)41-30-34(25-28-45(41)52)33-24-27-44-40(29-33)37-19-9-11-21-42(37)51(44)35-16-5-2-6-17-35/h1-9,11-19,21-30,37,42H,10,20H2. The SMILES string of the molecule is C1=CC2c3cc(-c4ccc5c(c4)c4c(n5-c5nc(-c6ccccc6)nc6c5ccc5ccccc56)C=CCC4)ccc3N(c3ccccc3)C2C=C1. The number of hydrogen-bond acceptors (Lipinski definition) is 3. The zero-order valence-electron chi connectivity index (χ0n) is 28.5. The van der Waals surface area contributed by atoms with Gasteiger partial charge in [0, 0.05) is 39.0 Å². The minimum absolute atomic E-state index is 0.272. The van der Waals surface area contributed by atoms with Crippen molar-refractivity contribution in [2.45, 2.75) is 24.8 Å². The summed E-state index contributed by atoms with van der Waals surface area (Å²) < 4.78 is 2.39. The molecule has 4 heteroatoms. The molecule has 0 N–H and O–H groups in total. The summed E-state index contributed by atoms with van der Waals surface area (Å²) in [6.07, 6.45) is 15.7. The molecule has 1 aliphatic heterocycles. The van der Waals surface area contributed by atoms with Gasteiger partial charge in [0.25, 0.3) is 0 Å². The Labute approximate surface area is 302 Å². The quantitative estimate of drug-likeness (QED) is 0.175. The molecule has 0 radical (unpaired) electrons. The second-order valence-electron chi connectivity index (χ2n) is 14.1. The zero-order valence-corrected chi connectivity index (χ0v) is 28.5. The Hall–Kier alpha value is -6.52. The lowest BCUT2D eigenvalue weighted by Gasteiger charge is -2.28. The highest BCUT2D eigenvalue weighted by molar-refractivity contribution is 6.08. The third kappa shape index (κ3) is 4.40. The number of aromatic nitrogens is 3. The Morgan fingerprint density at radius 3 is 2.31 bits per heavy atom. The first-order chi connectivity index (χ1) is 25.8. The number of allylic oxidation sites excluding steroid dienone is 3. The lowest BCUT2D eigenvalue weighted by Crippen LogP contribution is -2.28. The van der Waals surface area contributed by atoms with Gasteiger partial charge in [0.15, 0.2) is 5.82 Å². The van der Waals surface area contributed by atoms with Crippen LogP contribution in [0.3, 0.4) is 0 Å². The average molecular weight is 667 g/mol. The van der Waals surface area contributed by atoms with E-state index < -0.39 is 0 Å². The van der Waals surface area contributed by atoms with Crippen molar-refractivity contribution in [2.75, 3.05) is 4.90 Å². The van der Waals surface area contributed by atoms with E-state index in [1.165, 1.54) is 55.6 Å². The molecule has 0 bridgehead atoms. The van der Waals surface area contributed by atoms with Gasteiger partial charge in [0.1, 0.15) is 5.82 Å². The van der Waals surface area contributed by atoms with Crippen LogP contribution in [0, 0.1) is 0 Å². The van der Waals surface area contributed by atoms with Gasteiger partial charge in [0.2, 0.25) is 0 Å². The molecule has 3 aliphatic rings. The minimum Gasteiger partial charge on any atom is -0.333 e. The number of fused-ring (bicyclic) bond motifs is 9. The Morgan fingerprint density at radius 2 is 1.40 bits per heavy atom. The Bertz CT molecular complexity index is 2810. The van der Waals surface area contributed by atoms with Crippen LogP contribution in [-0.4, -0.2) is 20.6 Å². The molecule has 0 spiro atoms. The van der Waals surface area contributed by atoms with Crippen molar-refractivity contribution < 1.29 is 0 Å². The van der Waals surface area contributed by atoms with Crippen molar-refractivity contribution in [1.29, 1.82) is 0 Å². The number of benzene rings is 6. The first-order valence-electron chi connectivity index (χ1n) is 18.2. The van der Waals surface area contributed by atoms with Gasteiger partial charge in [-0.2, -0.15) is 0 Å². The van der Waals surface area contributed by atoms with Crippen molar-refractivity contribution >= 4 is 50.0 Å². The summed E-state index contributed by atoms with van der Waals surface area (Å²) in [4.78, 5) is 13.1.